The molecule has 5 N–H and O–H groups in total. The van der Waals surface area contributed by atoms with Gasteiger partial charge >= 0.3 is 0 Å². The van der Waals surface area contributed by atoms with E-state index in [1.165, 1.54) is 11.0 Å². The van der Waals surface area contributed by atoms with Gasteiger partial charge < -0.3 is 21.3 Å². The molecule has 11 nitrogen and oxygen atoms in total. The summed E-state index contributed by atoms with van der Waals surface area (Å²) in [7, 11) is 3.09. The number of nitrogens with one attached hydrogen (secondary N) is 1. The molecule has 1 amide bonds. The fourth-order valence-electron chi connectivity index (χ4n) is 6.94. The lowest BCUT2D eigenvalue weighted by Crippen LogP contribution is -2.74. The third-order valence-corrected chi connectivity index (χ3v) is 8.74. The van der Waals surface area contributed by atoms with Gasteiger partial charge in [0.25, 0.3) is 0 Å². The van der Waals surface area contributed by atoms with Crippen molar-refractivity contribution in [3.05, 3.63) is 53.1 Å². The van der Waals surface area contributed by atoms with Crippen molar-refractivity contribution < 1.29 is 34.2 Å². The molecule has 0 spiro atoms. The van der Waals surface area contributed by atoms with Crippen molar-refractivity contribution in [3.63, 3.8) is 0 Å². The van der Waals surface area contributed by atoms with E-state index in [4.69, 9.17) is 11.0 Å². The van der Waals surface area contributed by atoms with Crippen molar-refractivity contribution >= 4 is 29.0 Å². The second-order valence-electron chi connectivity index (χ2n) is 11.2. The number of benzene rings is 2. The largest absolute Gasteiger partial charge is 0.507 e. The van der Waals surface area contributed by atoms with Gasteiger partial charge in [0, 0.05) is 12.5 Å². The molecule has 0 radical (unpaired) electrons. The van der Waals surface area contributed by atoms with E-state index in [0.717, 1.165) is 11.1 Å². The van der Waals surface area contributed by atoms with E-state index in [9.17, 15) is 34.2 Å². The third-order valence-electron chi connectivity index (χ3n) is 8.74. The zero-order chi connectivity index (χ0) is 29.8. The zero-order valence-corrected chi connectivity index (χ0v) is 22.6. The number of amides is 1. The molecule has 6 atom stereocenters. The van der Waals surface area contributed by atoms with Crippen LogP contribution in [-0.4, -0.2) is 76.4 Å². The van der Waals surface area contributed by atoms with Gasteiger partial charge in [-0.15, -0.1) is 0 Å². The molecular formula is C30H30N4O7. The minimum absolute atomic E-state index is 0.0114. The Hall–Kier alpha value is -4.24. The normalized spacial score (nSPS) is 29.0. The maximum Gasteiger partial charge on any atom is 0.235 e. The van der Waals surface area contributed by atoms with E-state index >= 15 is 0 Å². The van der Waals surface area contributed by atoms with E-state index in [2.05, 4.69) is 5.32 Å². The van der Waals surface area contributed by atoms with Crippen molar-refractivity contribution in [1.82, 2.24) is 10.2 Å². The zero-order valence-electron chi connectivity index (χ0n) is 22.6. The van der Waals surface area contributed by atoms with Gasteiger partial charge in [-0.05, 0) is 61.2 Å². The lowest BCUT2D eigenvalue weighted by Gasteiger charge is -2.52. The highest BCUT2D eigenvalue weighted by Crippen LogP contribution is 2.51. The maximum absolute atomic E-state index is 13.9. The van der Waals surface area contributed by atoms with Gasteiger partial charge in [-0.2, -0.15) is 5.26 Å². The molecular weight excluding hydrogens is 528 g/mol. The fraction of sp³-hybridized carbons (Fsp3) is 0.400. The van der Waals surface area contributed by atoms with Gasteiger partial charge in [-0.3, -0.25) is 28.9 Å². The van der Waals surface area contributed by atoms with Crippen LogP contribution in [0, 0.1) is 35.0 Å². The number of rotatable bonds is 6. The number of Topliss-reactive ketones (excluding diaryl/α,β-unsaturated/α-hetero) is 4. The molecule has 0 saturated heterocycles. The molecule has 5 rings (SSSR count). The number of phenols is 1. The lowest BCUT2D eigenvalue weighted by atomic mass is 9.52. The van der Waals surface area contributed by atoms with Crippen molar-refractivity contribution in [1.29, 1.82) is 5.26 Å². The topological polar surface area (TPSA) is 191 Å². The Bertz CT molecular complexity index is 1530. The number of aromatic hydroxyl groups is 1. The smallest absolute Gasteiger partial charge is 0.235 e. The minimum Gasteiger partial charge on any atom is -0.507 e. The molecule has 0 aliphatic heterocycles. The van der Waals surface area contributed by atoms with Crippen LogP contribution >= 0.6 is 0 Å². The van der Waals surface area contributed by atoms with Gasteiger partial charge in [-0.25, -0.2) is 0 Å². The predicted molar refractivity (Wildman–Crippen MR) is 144 cm³/mol. The highest BCUT2D eigenvalue weighted by Gasteiger charge is 2.69. The number of primary amides is 1. The average molecular weight is 559 g/mol. The monoisotopic (exact) mass is 558 g/mol. The van der Waals surface area contributed by atoms with E-state index in [-0.39, 0.29) is 30.7 Å². The van der Waals surface area contributed by atoms with Gasteiger partial charge in [-0.1, -0.05) is 30.3 Å². The van der Waals surface area contributed by atoms with Gasteiger partial charge in [0.2, 0.25) is 5.91 Å². The first-order valence-corrected chi connectivity index (χ1v) is 13.3. The summed E-state index contributed by atoms with van der Waals surface area (Å²) >= 11 is 0. The molecule has 2 unspecified atom stereocenters. The molecule has 0 bridgehead atoms. The van der Waals surface area contributed by atoms with Crippen LogP contribution in [-0.2, 0) is 32.1 Å². The summed E-state index contributed by atoms with van der Waals surface area (Å²) in [6.45, 7) is 0.707. The molecule has 2 aromatic rings. The minimum atomic E-state index is -2.75. The Morgan fingerprint density at radius 3 is 2.41 bits per heavy atom. The molecule has 41 heavy (non-hydrogen) atoms. The van der Waals surface area contributed by atoms with Crippen molar-refractivity contribution in [3.8, 4) is 22.9 Å². The summed E-state index contributed by atoms with van der Waals surface area (Å²) in [5.41, 5.74) is 5.49. The van der Waals surface area contributed by atoms with Crippen LogP contribution in [0.25, 0.3) is 11.1 Å². The molecule has 3 aliphatic carbocycles. The second kappa shape index (κ2) is 10.3. The number of fused-ring (bicyclic) bond motifs is 3. The lowest BCUT2D eigenvalue weighted by molar-refractivity contribution is -0.181. The Morgan fingerprint density at radius 1 is 1.12 bits per heavy atom. The number of likely N-dealkylation sites (N-methyl/N-ethyl adjacent to an activating group) is 1. The first kappa shape index (κ1) is 28.3. The summed E-state index contributed by atoms with van der Waals surface area (Å²) in [6, 6.07) is 11.4. The molecule has 0 heterocycles. The highest BCUT2D eigenvalue weighted by atomic mass is 16.3. The molecule has 212 valence electrons. The Balaban J connectivity index is 1.57. The Labute approximate surface area is 235 Å². The summed E-state index contributed by atoms with van der Waals surface area (Å²) in [4.78, 5) is 68.0. The molecule has 11 heteroatoms. The number of aliphatic hydroxyl groups is 1. The average Bonchev–Trinajstić information content (AvgIpc) is 2.91. The number of phenolic OH excluding ortho intramolecular Hbond substituents is 1. The van der Waals surface area contributed by atoms with Gasteiger partial charge in [0.1, 0.15) is 5.75 Å². The first-order chi connectivity index (χ1) is 19.4. The van der Waals surface area contributed by atoms with Crippen LogP contribution in [0.15, 0.2) is 36.4 Å². The van der Waals surface area contributed by atoms with Crippen LogP contribution in [0.5, 0.6) is 5.75 Å². The first-order valence-electron chi connectivity index (χ1n) is 13.3. The van der Waals surface area contributed by atoms with E-state index in [0.29, 0.717) is 17.7 Å². The van der Waals surface area contributed by atoms with Gasteiger partial charge in [0.15, 0.2) is 34.7 Å². The molecule has 2 fully saturated rings. The molecule has 2 saturated carbocycles. The molecule has 3 aliphatic rings. The maximum atomic E-state index is 13.9. The summed E-state index contributed by atoms with van der Waals surface area (Å²) in [5, 5.41) is 34.1. The molecule has 2 aromatic carbocycles. The number of carbonyl (C=O) groups is 5. The highest BCUT2D eigenvalue weighted by molar-refractivity contribution is 6.32. The SMILES string of the molecule is CN(C)[C@@H]1C(=O)C(C(N)=O)C(=O)[C@@]2(O)C(=O)C3C(=O)c4c(O)ccc(-c5ccc(CNCC#N)cc5)c4C[C@H]3C[C@@H]12. The quantitative estimate of drug-likeness (QED) is 0.216. The summed E-state index contributed by atoms with van der Waals surface area (Å²) in [6.07, 6.45) is 0.170. The van der Waals surface area contributed by atoms with Crippen molar-refractivity contribution in [2.45, 2.75) is 31.0 Å². The van der Waals surface area contributed by atoms with Crippen LogP contribution < -0.4 is 11.1 Å². The second-order valence-corrected chi connectivity index (χ2v) is 11.2. The fourth-order valence-corrected chi connectivity index (χ4v) is 6.94. The van der Waals surface area contributed by atoms with E-state index in [1.807, 2.05) is 30.3 Å². The van der Waals surface area contributed by atoms with Crippen molar-refractivity contribution in [2.24, 2.45) is 29.4 Å². The Morgan fingerprint density at radius 2 is 1.80 bits per heavy atom. The Kier molecular flexibility index (Phi) is 7.11. The van der Waals surface area contributed by atoms with Crippen LogP contribution in [0.1, 0.15) is 27.9 Å². The number of hydrogen-bond donors (Lipinski definition) is 4. The number of hydrogen-bond acceptors (Lipinski definition) is 10. The number of nitrogens with zero attached hydrogens (tertiary/aromatic N) is 2. The summed E-state index contributed by atoms with van der Waals surface area (Å²) < 4.78 is 0. The number of nitriles is 1. The number of nitrogens with two attached hydrogens (primary N) is 1. The van der Waals surface area contributed by atoms with Gasteiger partial charge in [0.05, 0.1) is 30.1 Å². The summed E-state index contributed by atoms with van der Waals surface area (Å²) in [5.74, 6) is -10.7. The third kappa shape index (κ3) is 4.26. The van der Waals surface area contributed by atoms with Crippen LogP contribution in [0.4, 0.5) is 0 Å². The van der Waals surface area contributed by atoms with Crippen molar-refractivity contribution in [2.75, 3.05) is 20.6 Å². The van der Waals surface area contributed by atoms with E-state index in [1.54, 1.807) is 20.2 Å². The predicted octanol–water partition coefficient (Wildman–Crippen LogP) is 0.147. The van der Waals surface area contributed by atoms with E-state index < -0.39 is 64.4 Å². The number of carbonyl (C=O) groups excluding carboxylic acids is 5. The van der Waals surface area contributed by atoms with Crippen LogP contribution in [0.2, 0.25) is 0 Å². The van der Waals surface area contributed by atoms with Crippen LogP contribution in [0.3, 0.4) is 0 Å². The number of ketones is 4. The molecule has 0 aromatic heterocycles. The standard InChI is InChI=1S/C30H30N4O7/c1-34(2)24-19-12-16-11-18-17(15-5-3-14(4-6-15)13-33-10-9-31)7-8-20(35)22(18)25(36)21(16)27(38)30(19,41)28(39)23(26(24)37)29(32)40/h3-8,16,19,21,23-24,33,35,41H,10-13H2,1-2H3,(H2,32,40)/t16-,19-,21?,23?,24-,30-/m0/s1.